The number of aromatic nitrogens is 5. The van der Waals surface area contributed by atoms with Gasteiger partial charge in [0.2, 0.25) is 5.88 Å². The van der Waals surface area contributed by atoms with E-state index in [1.54, 1.807) is 12.4 Å². The molecule has 176 valence electrons. The topological polar surface area (TPSA) is 90.1 Å². The van der Waals surface area contributed by atoms with Gasteiger partial charge in [0.1, 0.15) is 22.6 Å². The Morgan fingerprint density at radius 3 is 2.91 bits per heavy atom. The maximum atomic E-state index is 12.5. The fourth-order valence-corrected chi connectivity index (χ4v) is 4.12. The molecule has 1 fully saturated rings. The molecular weight excluding hydrogens is 442 g/mol. The van der Waals surface area contributed by atoms with Crippen molar-refractivity contribution in [1.29, 1.82) is 0 Å². The summed E-state index contributed by atoms with van der Waals surface area (Å²) in [7, 11) is 1.91. The Morgan fingerprint density at radius 1 is 1.36 bits per heavy atom. The van der Waals surface area contributed by atoms with Gasteiger partial charge in [0, 0.05) is 38.8 Å². The Balaban J connectivity index is 1.47. The molecule has 1 aliphatic rings. The molecule has 0 aromatic carbocycles. The summed E-state index contributed by atoms with van der Waals surface area (Å²) >= 11 is 6.39. The lowest BCUT2D eigenvalue weighted by Crippen LogP contribution is -2.29. The monoisotopic (exact) mass is 471 g/mol. The lowest BCUT2D eigenvalue weighted by atomic mass is 10.1. The van der Waals surface area contributed by atoms with Gasteiger partial charge in [0.25, 0.3) is 5.56 Å². The van der Waals surface area contributed by atoms with Gasteiger partial charge in [-0.25, -0.2) is 9.67 Å². The second kappa shape index (κ2) is 9.82. The predicted octanol–water partition coefficient (Wildman–Crippen LogP) is 3.96. The lowest BCUT2D eigenvalue weighted by molar-refractivity contribution is 0.217. The summed E-state index contributed by atoms with van der Waals surface area (Å²) in [6.45, 7) is 8.09. The van der Waals surface area contributed by atoms with Crippen LogP contribution in [0.2, 0.25) is 5.02 Å². The molecule has 1 atom stereocenters. The van der Waals surface area contributed by atoms with Crippen LogP contribution >= 0.6 is 11.6 Å². The zero-order valence-electron chi connectivity index (χ0n) is 19.5. The van der Waals surface area contributed by atoms with Crippen molar-refractivity contribution >= 4 is 28.8 Å². The molecule has 1 aliphatic heterocycles. The maximum absolute atomic E-state index is 12.5. The molecule has 3 aromatic heterocycles. The largest absolute Gasteiger partial charge is 0.471 e. The number of nitrogens with zero attached hydrogens (tertiary/aromatic N) is 6. The van der Waals surface area contributed by atoms with E-state index in [0.29, 0.717) is 30.6 Å². The second-order valence-corrected chi connectivity index (χ2v) is 8.94. The molecule has 0 saturated carbocycles. The smallest absolute Gasteiger partial charge is 0.287 e. The molecule has 0 unspecified atom stereocenters. The Morgan fingerprint density at radius 2 is 2.18 bits per heavy atom. The first kappa shape index (κ1) is 23.1. The minimum absolute atomic E-state index is 0.0904. The number of aryl methyl sites for hydroxylation is 2. The molecule has 1 N–H and O–H groups in total. The SMILES string of the molecule is CCCn1ncc(N2CC[C@@H](Oc3ncccc3Nc3cc(C(C)C)nn3C)C2)c(Cl)c1=O. The van der Waals surface area contributed by atoms with Gasteiger partial charge in [-0.2, -0.15) is 10.2 Å². The van der Waals surface area contributed by atoms with Crippen LogP contribution in [0.1, 0.15) is 45.2 Å². The van der Waals surface area contributed by atoms with E-state index >= 15 is 0 Å². The van der Waals surface area contributed by atoms with Crippen molar-refractivity contribution in [3.8, 4) is 5.88 Å². The molecule has 10 heteroatoms. The summed E-state index contributed by atoms with van der Waals surface area (Å²) in [4.78, 5) is 19.0. The summed E-state index contributed by atoms with van der Waals surface area (Å²) < 4.78 is 9.49. The molecule has 1 saturated heterocycles. The lowest BCUT2D eigenvalue weighted by Gasteiger charge is -2.20. The third-order valence-electron chi connectivity index (χ3n) is 5.69. The van der Waals surface area contributed by atoms with Crippen LogP contribution in [0.15, 0.2) is 35.4 Å². The van der Waals surface area contributed by atoms with Gasteiger partial charge in [-0.05, 0) is 24.5 Å². The van der Waals surface area contributed by atoms with Crippen molar-refractivity contribution in [1.82, 2.24) is 24.5 Å². The van der Waals surface area contributed by atoms with Crippen LogP contribution in [0.5, 0.6) is 5.88 Å². The van der Waals surface area contributed by atoms with E-state index in [-0.39, 0.29) is 16.7 Å². The average molecular weight is 472 g/mol. The summed E-state index contributed by atoms with van der Waals surface area (Å²) in [5, 5.41) is 12.4. The third-order valence-corrected chi connectivity index (χ3v) is 6.05. The molecule has 3 aromatic rings. The van der Waals surface area contributed by atoms with Gasteiger partial charge in [0.15, 0.2) is 0 Å². The van der Waals surface area contributed by atoms with Crippen LogP contribution in [-0.2, 0) is 13.6 Å². The first-order chi connectivity index (χ1) is 15.9. The van der Waals surface area contributed by atoms with Gasteiger partial charge < -0.3 is 15.0 Å². The van der Waals surface area contributed by atoms with Gasteiger partial charge in [-0.3, -0.25) is 9.48 Å². The van der Waals surface area contributed by atoms with Crippen molar-refractivity contribution in [2.45, 2.75) is 52.2 Å². The van der Waals surface area contributed by atoms with Crippen LogP contribution in [0.3, 0.4) is 0 Å². The van der Waals surface area contributed by atoms with E-state index in [0.717, 1.165) is 36.6 Å². The third kappa shape index (κ3) is 4.98. The molecule has 0 radical (unpaired) electrons. The van der Waals surface area contributed by atoms with E-state index in [1.165, 1.54) is 4.68 Å². The van der Waals surface area contributed by atoms with Crippen molar-refractivity contribution in [3.05, 3.63) is 51.7 Å². The van der Waals surface area contributed by atoms with Gasteiger partial charge in [0.05, 0.1) is 24.1 Å². The number of hydrogen-bond donors (Lipinski definition) is 1. The van der Waals surface area contributed by atoms with E-state index in [1.807, 2.05) is 41.8 Å². The number of pyridine rings is 1. The number of halogens is 1. The average Bonchev–Trinajstić information content (AvgIpc) is 3.40. The maximum Gasteiger partial charge on any atom is 0.287 e. The molecule has 4 rings (SSSR count). The minimum Gasteiger partial charge on any atom is -0.471 e. The Labute approximate surface area is 198 Å². The molecule has 0 amide bonds. The van der Waals surface area contributed by atoms with Crippen molar-refractivity contribution in [2.75, 3.05) is 23.3 Å². The number of nitrogens with one attached hydrogen (secondary N) is 1. The molecule has 0 spiro atoms. The Bertz CT molecular complexity index is 1170. The summed E-state index contributed by atoms with van der Waals surface area (Å²) in [5.74, 6) is 1.74. The number of rotatable bonds is 8. The van der Waals surface area contributed by atoms with Crippen molar-refractivity contribution < 1.29 is 4.74 Å². The second-order valence-electron chi connectivity index (χ2n) is 8.56. The highest BCUT2D eigenvalue weighted by Crippen LogP contribution is 2.31. The van der Waals surface area contributed by atoms with Crippen LogP contribution in [0, 0.1) is 0 Å². The molecule has 0 aliphatic carbocycles. The van der Waals surface area contributed by atoms with Gasteiger partial charge >= 0.3 is 0 Å². The first-order valence-corrected chi connectivity index (χ1v) is 11.7. The normalized spacial score (nSPS) is 15.9. The molecule has 9 nitrogen and oxygen atoms in total. The highest BCUT2D eigenvalue weighted by molar-refractivity contribution is 6.33. The number of hydrogen-bond acceptors (Lipinski definition) is 7. The zero-order valence-corrected chi connectivity index (χ0v) is 20.2. The summed E-state index contributed by atoms with van der Waals surface area (Å²) in [6, 6.07) is 5.84. The zero-order chi connectivity index (χ0) is 23.5. The van der Waals surface area contributed by atoms with E-state index in [2.05, 4.69) is 34.3 Å². The fourth-order valence-electron chi connectivity index (χ4n) is 3.86. The van der Waals surface area contributed by atoms with Gasteiger partial charge in [-0.15, -0.1) is 0 Å². The molecule has 0 bridgehead atoms. The predicted molar refractivity (Wildman–Crippen MR) is 130 cm³/mol. The number of ether oxygens (including phenoxy) is 1. The van der Waals surface area contributed by atoms with E-state index in [4.69, 9.17) is 16.3 Å². The van der Waals surface area contributed by atoms with Crippen LogP contribution in [-0.4, -0.2) is 43.7 Å². The highest BCUT2D eigenvalue weighted by Gasteiger charge is 2.28. The molecule has 33 heavy (non-hydrogen) atoms. The molecular formula is C23H30ClN7O2. The van der Waals surface area contributed by atoms with Crippen LogP contribution in [0.4, 0.5) is 17.2 Å². The van der Waals surface area contributed by atoms with Crippen LogP contribution < -0.4 is 20.5 Å². The Hall–Kier alpha value is -3.07. The number of anilines is 3. The van der Waals surface area contributed by atoms with Crippen LogP contribution in [0.25, 0.3) is 0 Å². The summed E-state index contributed by atoms with van der Waals surface area (Å²) in [6.07, 6.45) is 4.90. The summed E-state index contributed by atoms with van der Waals surface area (Å²) in [5.41, 5.74) is 2.18. The van der Waals surface area contributed by atoms with E-state index < -0.39 is 0 Å². The van der Waals surface area contributed by atoms with E-state index in [9.17, 15) is 4.79 Å². The Kier molecular flexibility index (Phi) is 6.88. The van der Waals surface area contributed by atoms with Crippen molar-refractivity contribution in [2.24, 2.45) is 7.05 Å². The minimum atomic E-state index is -0.256. The quantitative estimate of drug-likeness (QED) is 0.531. The first-order valence-electron chi connectivity index (χ1n) is 11.3. The van der Waals surface area contributed by atoms with Gasteiger partial charge in [-0.1, -0.05) is 32.4 Å². The van der Waals surface area contributed by atoms with Crippen molar-refractivity contribution in [3.63, 3.8) is 0 Å². The molecule has 4 heterocycles. The highest BCUT2D eigenvalue weighted by atomic mass is 35.5. The fraction of sp³-hybridized carbons (Fsp3) is 0.478. The standard InChI is InChI=1S/C23H30ClN7O2/c1-5-10-31-23(32)21(24)19(13-26-31)30-11-8-16(14-30)33-22-17(7-6-9-25-22)27-20-12-18(15(2)3)28-29(20)4/h6-7,9,12-13,15-16,27H,5,8,10-11,14H2,1-4H3/t16-/m1/s1.